The van der Waals surface area contributed by atoms with E-state index in [2.05, 4.69) is 10.6 Å². The lowest BCUT2D eigenvalue weighted by molar-refractivity contribution is -0.122. The molecule has 2 atom stereocenters. The van der Waals surface area contributed by atoms with Gasteiger partial charge >= 0.3 is 0 Å². The van der Waals surface area contributed by atoms with E-state index in [0.717, 1.165) is 17.5 Å². The van der Waals surface area contributed by atoms with E-state index in [-0.39, 0.29) is 17.9 Å². The van der Waals surface area contributed by atoms with Gasteiger partial charge in [-0.2, -0.15) is 0 Å². The molecule has 0 unspecified atom stereocenters. The van der Waals surface area contributed by atoms with Gasteiger partial charge in [-0.05, 0) is 63.4 Å². The average Bonchev–Trinajstić information content (AvgIpc) is 2.64. The van der Waals surface area contributed by atoms with Crippen molar-refractivity contribution in [1.29, 1.82) is 0 Å². The zero-order chi connectivity index (χ0) is 20.0. The second-order valence-corrected chi connectivity index (χ2v) is 6.85. The minimum atomic E-state index is -0.698. The van der Waals surface area contributed by atoms with Gasteiger partial charge in [0.15, 0.2) is 6.10 Å². The Morgan fingerprint density at radius 2 is 1.78 bits per heavy atom. The number of benzene rings is 2. The van der Waals surface area contributed by atoms with E-state index in [1.54, 1.807) is 31.2 Å². The highest BCUT2D eigenvalue weighted by molar-refractivity contribution is 6.04. The summed E-state index contributed by atoms with van der Waals surface area (Å²) in [7, 11) is 0. The van der Waals surface area contributed by atoms with Gasteiger partial charge in [0.1, 0.15) is 5.75 Å². The molecule has 5 heteroatoms. The van der Waals surface area contributed by atoms with Crippen molar-refractivity contribution < 1.29 is 14.3 Å². The van der Waals surface area contributed by atoms with Crippen LogP contribution in [0.4, 0.5) is 5.69 Å². The van der Waals surface area contributed by atoms with Crippen molar-refractivity contribution >= 4 is 17.5 Å². The van der Waals surface area contributed by atoms with E-state index >= 15 is 0 Å². The summed E-state index contributed by atoms with van der Waals surface area (Å²) >= 11 is 0. The first-order chi connectivity index (χ1) is 12.8. The predicted molar refractivity (Wildman–Crippen MR) is 108 cm³/mol. The Morgan fingerprint density at radius 1 is 1.07 bits per heavy atom. The Morgan fingerprint density at radius 3 is 2.48 bits per heavy atom. The highest BCUT2D eigenvalue weighted by Gasteiger charge is 2.19. The molecule has 0 aromatic heterocycles. The summed E-state index contributed by atoms with van der Waals surface area (Å²) in [5, 5.41) is 5.73. The van der Waals surface area contributed by atoms with Gasteiger partial charge in [-0.25, -0.2) is 0 Å². The third-order valence-electron chi connectivity index (χ3n) is 4.44. The molecule has 2 aromatic rings. The zero-order valence-corrected chi connectivity index (χ0v) is 16.6. The molecule has 0 bridgehead atoms. The van der Waals surface area contributed by atoms with E-state index in [1.807, 2.05) is 45.9 Å². The van der Waals surface area contributed by atoms with Crippen LogP contribution in [-0.4, -0.2) is 24.0 Å². The number of carbonyl (C=O) groups is 2. The van der Waals surface area contributed by atoms with Crippen molar-refractivity contribution in [1.82, 2.24) is 5.32 Å². The SMILES string of the molecule is CC[C@@H](C)NC(=O)c1ccccc1NC(=O)[C@@H](C)Oc1cc(C)ccc1C. The number of anilines is 1. The maximum Gasteiger partial charge on any atom is 0.265 e. The van der Waals surface area contributed by atoms with Crippen LogP contribution in [0.25, 0.3) is 0 Å². The van der Waals surface area contributed by atoms with Crippen molar-refractivity contribution in [3.63, 3.8) is 0 Å². The largest absolute Gasteiger partial charge is 0.481 e. The Bertz CT molecular complexity index is 817. The molecule has 144 valence electrons. The van der Waals surface area contributed by atoms with Crippen LogP contribution in [-0.2, 0) is 4.79 Å². The second-order valence-electron chi connectivity index (χ2n) is 6.85. The first-order valence-electron chi connectivity index (χ1n) is 9.26. The molecule has 5 nitrogen and oxygen atoms in total. The molecule has 2 N–H and O–H groups in total. The normalized spacial score (nSPS) is 12.8. The zero-order valence-electron chi connectivity index (χ0n) is 16.6. The van der Waals surface area contributed by atoms with Crippen LogP contribution in [0.1, 0.15) is 48.7 Å². The van der Waals surface area contributed by atoms with Crippen molar-refractivity contribution in [2.75, 3.05) is 5.32 Å². The minimum absolute atomic E-state index is 0.0628. The molecule has 0 aliphatic heterocycles. The minimum Gasteiger partial charge on any atom is -0.481 e. The Kier molecular flexibility index (Phi) is 6.99. The number of para-hydroxylation sites is 1. The quantitative estimate of drug-likeness (QED) is 0.768. The second kappa shape index (κ2) is 9.21. The molecular formula is C22H28N2O3. The number of ether oxygens (including phenoxy) is 1. The molecule has 2 aromatic carbocycles. The van der Waals surface area contributed by atoms with Crippen LogP contribution in [0.5, 0.6) is 5.75 Å². The van der Waals surface area contributed by atoms with E-state index in [1.165, 1.54) is 0 Å². The molecule has 27 heavy (non-hydrogen) atoms. The molecule has 0 fully saturated rings. The highest BCUT2D eigenvalue weighted by Crippen LogP contribution is 2.21. The average molecular weight is 368 g/mol. The fourth-order valence-corrected chi connectivity index (χ4v) is 2.51. The van der Waals surface area contributed by atoms with Crippen LogP contribution in [0.3, 0.4) is 0 Å². The van der Waals surface area contributed by atoms with Gasteiger partial charge in [0, 0.05) is 6.04 Å². The molecule has 0 spiro atoms. The Labute approximate surface area is 161 Å². The first kappa shape index (κ1) is 20.5. The van der Waals surface area contributed by atoms with E-state index < -0.39 is 6.10 Å². The number of aryl methyl sites for hydroxylation is 2. The van der Waals surface area contributed by atoms with E-state index in [0.29, 0.717) is 17.0 Å². The molecule has 0 heterocycles. The third kappa shape index (κ3) is 5.58. The number of rotatable bonds is 7. The monoisotopic (exact) mass is 368 g/mol. The maximum absolute atomic E-state index is 12.6. The van der Waals surface area contributed by atoms with Crippen molar-refractivity contribution in [3.8, 4) is 5.75 Å². The van der Waals surface area contributed by atoms with Gasteiger partial charge in [-0.3, -0.25) is 9.59 Å². The molecular weight excluding hydrogens is 340 g/mol. The topological polar surface area (TPSA) is 67.4 Å². The lowest BCUT2D eigenvalue weighted by Gasteiger charge is -2.18. The van der Waals surface area contributed by atoms with Crippen molar-refractivity contribution in [2.24, 2.45) is 0 Å². The summed E-state index contributed by atoms with van der Waals surface area (Å²) in [4.78, 5) is 25.1. The molecule has 2 rings (SSSR count). The van der Waals surface area contributed by atoms with Gasteiger partial charge in [0.2, 0.25) is 0 Å². The van der Waals surface area contributed by atoms with Crippen LogP contribution < -0.4 is 15.4 Å². The summed E-state index contributed by atoms with van der Waals surface area (Å²) in [5.74, 6) is 0.170. The lowest BCUT2D eigenvalue weighted by atomic mass is 10.1. The number of amides is 2. The van der Waals surface area contributed by atoms with Crippen LogP contribution >= 0.6 is 0 Å². The first-order valence-corrected chi connectivity index (χ1v) is 9.26. The Hall–Kier alpha value is -2.82. The van der Waals surface area contributed by atoms with E-state index in [4.69, 9.17) is 4.74 Å². The molecule has 2 amide bonds. The van der Waals surface area contributed by atoms with Gasteiger partial charge in [0.25, 0.3) is 11.8 Å². The molecule has 0 aliphatic carbocycles. The summed E-state index contributed by atoms with van der Waals surface area (Å²) in [6.07, 6.45) is 0.136. The molecule has 0 saturated heterocycles. The fourth-order valence-electron chi connectivity index (χ4n) is 2.51. The van der Waals surface area contributed by atoms with Crippen LogP contribution in [0, 0.1) is 13.8 Å². The van der Waals surface area contributed by atoms with Crippen LogP contribution in [0.15, 0.2) is 42.5 Å². The van der Waals surface area contributed by atoms with Gasteiger partial charge in [0.05, 0.1) is 11.3 Å². The number of nitrogens with one attached hydrogen (secondary N) is 2. The van der Waals surface area contributed by atoms with Crippen molar-refractivity contribution in [3.05, 3.63) is 59.2 Å². The summed E-state index contributed by atoms with van der Waals surface area (Å²) < 4.78 is 5.83. The van der Waals surface area contributed by atoms with Crippen molar-refractivity contribution in [2.45, 2.75) is 53.2 Å². The van der Waals surface area contributed by atoms with Gasteiger partial charge < -0.3 is 15.4 Å². The maximum atomic E-state index is 12.6. The van der Waals surface area contributed by atoms with Crippen LogP contribution in [0.2, 0.25) is 0 Å². The molecule has 0 saturated carbocycles. The van der Waals surface area contributed by atoms with Gasteiger partial charge in [-0.15, -0.1) is 0 Å². The number of hydrogen-bond donors (Lipinski definition) is 2. The smallest absolute Gasteiger partial charge is 0.265 e. The molecule has 0 radical (unpaired) electrons. The predicted octanol–water partition coefficient (Wildman–Crippen LogP) is 4.24. The third-order valence-corrected chi connectivity index (χ3v) is 4.44. The highest BCUT2D eigenvalue weighted by atomic mass is 16.5. The fraction of sp³-hybridized carbons (Fsp3) is 0.364. The van der Waals surface area contributed by atoms with E-state index in [9.17, 15) is 9.59 Å². The standard InChI is InChI=1S/C22H28N2O3/c1-6-16(4)23-22(26)18-9-7-8-10-19(18)24-21(25)17(5)27-20-13-14(2)11-12-15(20)3/h7-13,16-17H,6H2,1-5H3,(H,23,26)(H,24,25)/t16-,17-/m1/s1. The van der Waals surface area contributed by atoms with Gasteiger partial charge in [-0.1, -0.05) is 31.2 Å². The summed E-state index contributed by atoms with van der Waals surface area (Å²) in [6.45, 7) is 9.56. The lowest BCUT2D eigenvalue weighted by Crippen LogP contribution is -2.34. The Balaban J connectivity index is 2.11. The number of hydrogen-bond acceptors (Lipinski definition) is 3. The summed E-state index contributed by atoms with van der Waals surface area (Å²) in [5.41, 5.74) is 2.94. The molecule has 0 aliphatic rings. The summed E-state index contributed by atoms with van der Waals surface area (Å²) in [6, 6.07) is 12.9. The number of carbonyl (C=O) groups excluding carboxylic acids is 2.